The highest BCUT2D eigenvalue weighted by molar-refractivity contribution is 5.92. The molecule has 1 N–H and O–H groups in total. The summed E-state index contributed by atoms with van der Waals surface area (Å²) in [6, 6.07) is 5.80. The van der Waals surface area contributed by atoms with E-state index in [1.54, 1.807) is 19.1 Å². The van der Waals surface area contributed by atoms with Crippen molar-refractivity contribution in [3.05, 3.63) is 40.6 Å². The molecule has 0 spiro atoms. The Bertz CT molecular complexity index is 764. The first-order valence-corrected chi connectivity index (χ1v) is 8.56. The zero-order valence-electron chi connectivity index (χ0n) is 14.6. The number of hydrogen-bond acceptors (Lipinski definition) is 7. The molecule has 0 radical (unpaired) electrons. The van der Waals surface area contributed by atoms with Gasteiger partial charge in [-0.15, -0.1) is 0 Å². The summed E-state index contributed by atoms with van der Waals surface area (Å²) in [5.74, 6) is -0.689. The largest absolute Gasteiger partial charge is 0.396 e. The van der Waals surface area contributed by atoms with Crippen molar-refractivity contribution in [2.24, 2.45) is 5.92 Å². The molecule has 2 aromatic rings. The van der Waals surface area contributed by atoms with E-state index < -0.39 is 10.9 Å². The molecule has 1 heterocycles. The Morgan fingerprint density at radius 1 is 1.27 bits per heavy atom. The molecule has 1 aromatic carbocycles. The van der Waals surface area contributed by atoms with E-state index in [-0.39, 0.29) is 29.5 Å². The van der Waals surface area contributed by atoms with E-state index in [0.29, 0.717) is 11.8 Å². The number of unbranched alkanes of at least 4 members (excludes halogenated alkanes) is 3. The van der Waals surface area contributed by atoms with Crippen LogP contribution in [-0.2, 0) is 9.68 Å². The van der Waals surface area contributed by atoms with Crippen LogP contribution < -0.4 is 4.89 Å². The Labute approximate surface area is 150 Å². The maximum Gasteiger partial charge on any atom is 0.358 e. The molecule has 0 saturated heterocycles. The van der Waals surface area contributed by atoms with Gasteiger partial charge in [0.25, 0.3) is 5.69 Å². The fourth-order valence-corrected chi connectivity index (χ4v) is 2.56. The third-order valence-electron chi connectivity index (χ3n) is 4.07. The summed E-state index contributed by atoms with van der Waals surface area (Å²) in [5, 5.41) is 20.1. The van der Waals surface area contributed by atoms with Crippen molar-refractivity contribution in [2.45, 2.75) is 39.0 Å². The number of carbonyl (C=O) groups is 1. The Kier molecular flexibility index (Phi) is 7.28. The molecule has 1 atom stereocenters. The summed E-state index contributed by atoms with van der Waals surface area (Å²) >= 11 is 0. The van der Waals surface area contributed by atoms with Crippen molar-refractivity contribution in [1.29, 1.82) is 0 Å². The van der Waals surface area contributed by atoms with E-state index in [2.05, 4.69) is 4.98 Å². The number of nitro groups is 1. The van der Waals surface area contributed by atoms with Gasteiger partial charge in [0, 0.05) is 18.9 Å². The van der Waals surface area contributed by atoms with E-state index >= 15 is 0 Å². The first kappa shape index (κ1) is 19.6. The molecule has 140 valence electrons. The molecule has 0 aliphatic heterocycles. The van der Waals surface area contributed by atoms with Gasteiger partial charge in [0.05, 0.1) is 16.2 Å². The predicted octanol–water partition coefficient (Wildman–Crippen LogP) is 3.56. The fourth-order valence-electron chi connectivity index (χ4n) is 2.56. The summed E-state index contributed by atoms with van der Waals surface area (Å²) < 4.78 is 0. The van der Waals surface area contributed by atoms with Crippen LogP contribution in [0.3, 0.4) is 0 Å². The van der Waals surface area contributed by atoms with Crippen molar-refractivity contribution >= 4 is 22.6 Å². The average molecular weight is 362 g/mol. The lowest BCUT2D eigenvalue weighted by Crippen LogP contribution is -2.17. The van der Waals surface area contributed by atoms with E-state index in [1.165, 1.54) is 18.3 Å². The van der Waals surface area contributed by atoms with Crippen molar-refractivity contribution in [3.8, 4) is 5.75 Å². The minimum absolute atomic E-state index is 0.0944. The number of aliphatic hydroxyl groups excluding tert-OH is 1. The van der Waals surface area contributed by atoms with Crippen LogP contribution in [0.4, 0.5) is 5.69 Å². The second-order valence-electron chi connectivity index (χ2n) is 6.05. The van der Waals surface area contributed by atoms with E-state index in [9.17, 15) is 14.9 Å². The summed E-state index contributed by atoms with van der Waals surface area (Å²) in [6.45, 7) is 1.94. The molecule has 0 saturated carbocycles. The molecule has 0 bridgehead atoms. The molecule has 0 fully saturated rings. The molecule has 2 rings (SSSR count). The Morgan fingerprint density at radius 2 is 2.04 bits per heavy atom. The first-order valence-electron chi connectivity index (χ1n) is 8.56. The van der Waals surface area contributed by atoms with Gasteiger partial charge in [-0.3, -0.25) is 24.9 Å². The van der Waals surface area contributed by atoms with E-state index in [0.717, 1.165) is 25.7 Å². The molecule has 1 unspecified atom stereocenters. The standard InChI is InChI=1S/C18H22N2O6/c1-13(7-4-2-3-5-12-21)18(22)26-25-16-10-9-15(20(23)24)14-8-6-11-19-17(14)16/h6,8-11,13,21H,2-5,7,12H2,1H3. The predicted molar refractivity (Wildman–Crippen MR) is 94.5 cm³/mol. The number of nitrogens with zero attached hydrogens (tertiary/aromatic N) is 2. The van der Waals surface area contributed by atoms with Gasteiger partial charge in [0.1, 0.15) is 5.52 Å². The number of fused-ring (bicyclic) bond motifs is 1. The number of nitro benzene ring substituents is 1. The number of hydrogen-bond donors (Lipinski definition) is 1. The normalized spacial score (nSPS) is 11.9. The third-order valence-corrected chi connectivity index (χ3v) is 4.07. The van der Waals surface area contributed by atoms with Crippen molar-refractivity contribution in [1.82, 2.24) is 4.98 Å². The van der Waals surface area contributed by atoms with Gasteiger partial charge in [-0.1, -0.05) is 26.2 Å². The molecule has 26 heavy (non-hydrogen) atoms. The molecule has 1 aromatic heterocycles. The molecular formula is C18H22N2O6. The number of non-ortho nitro benzene ring substituents is 1. The van der Waals surface area contributed by atoms with Crippen LogP contribution in [0.5, 0.6) is 5.75 Å². The highest BCUT2D eigenvalue weighted by atomic mass is 17.2. The molecule has 0 aliphatic rings. The lowest BCUT2D eigenvalue weighted by Gasteiger charge is -2.11. The summed E-state index contributed by atoms with van der Waals surface area (Å²) in [6.07, 6.45) is 5.63. The van der Waals surface area contributed by atoms with Crippen molar-refractivity contribution < 1.29 is 24.6 Å². The van der Waals surface area contributed by atoms with E-state index in [4.69, 9.17) is 14.9 Å². The fraction of sp³-hybridized carbons (Fsp3) is 0.444. The summed E-state index contributed by atoms with van der Waals surface area (Å²) in [7, 11) is 0. The number of carbonyl (C=O) groups excluding carboxylic acids is 1. The molecule has 0 amide bonds. The summed E-state index contributed by atoms with van der Waals surface area (Å²) in [5.41, 5.74) is 0.161. The van der Waals surface area contributed by atoms with Crippen LogP contribution in [0.25, 0.3) is 10.9 Å². The van der Waals surface area contributed by atoms with Gasteiger partial charge in [-0.05, 0) is 31.0 Å². The van der Waals surface area contributed by atoms with Crippen molar-refractivity contribution in [2.75, 3.05) is 6.61 Å². The second kappa shape index (κ2) is 9.67. The third kappa shape index (κ3) is 5.13. The quantitative estimate of drug-likeness (QED) is 0.298. The number of benzene rings is 1. The van der Waals surface area contributed by atoms with Gasteiger partial charge in [0.15, 0.2) is 0 Å². The van der Waals surface area contributed by atoms with E-state index in [1.807, 2.05) is 0 Å². The van der Waals surface area contributed by atoms with Crippen LogP contribution >= 0.6 is 0 Å². The molecule has 0 aliphatic carbocycles. The first-order chi connectivity index (χ1) is 12.5. The minimum Gasteiger partial charge on any atom is -0.396 e. The Hall–Kier alpha value is -2.74. The highest BCUT2D eigenvalue weighted by Crippen LogP contribution is 2.31. The maximum atomic E-state index is 12.0. The highest BCUT2D eigenvalue weighted by Gasteiger charge is 2.19. The van der Waals surface area contributed by atoms with Crippen LogP contribution in [-0.4, -0.2) is 27.6 Å². The Balaban J connectivity index is 1.96. The topological polar surface area (TPSA) is 112 Å². The SMILES string of the molecule is CC(CCCCCCO)C(=O)OOc1ccc([N+](=O)[O-])c2cccnc12. The van der Waals surface area contributed by atoms with Gasteiger partial charge in [-0.2, -0.15) is 0 Å². The zero-order chi connectivity index (χ0) is 18.9. The second-order valence-corrected chi connectivity index (χ2v) is 6.05. The van der Waals surface area contributed by atoms with Crippen LogP contribution in [0.1, 0.15) is 39.0 Å². The lowest BCUT2D eigenvalue weighted by atomic mass is 10.0. The lowest BCUT2D eigenvalue weighted by molar-refractivity contribution is -0.383. The van der Waals surface area contributed by atoms with Gasteiger partial charge in [0.2, 0.25) is 5.75 Å². The van der Waals surface area contributed by atoms with Crippen LogP contribution in [0.15, 0.2) is 30.5 Å². The molecular weight excluding hydrogens is 340 g/mol. The van der Waals surface area contributed by atoms with Crippen LogP contribution in [0.2, 0.25) is 0 Å². The van der Waals surface area contributed by atoms with Crippen LogP contribution in [0, 0.1) is 16.0 Å². The number of pyridine rings is 1. The molecule has 8 heteroatoms. The maximum absolute atomic E-state index is 12.0. The smallest absolute Gasteiger partial charge is 0.358 e. The number of rotatable bonds is 10. The van der Waals surface area contributed by atoms with Gasteiger partial charge >= 0.3 is 5.97 Å². The number of aromatic nitrogens is 1. The van der Waals surface area contributed by atoms with Gasteiger partial charge < -0.3 is 5.11 Å². The average Bonchev–Trinajstić information content (AvgIpc) is 2.65. The molecule has 8 nitrogen and oxygen atoms in total. The summed E-state index contributed by atoms with van der Waals surface area (Å²) in [4.78, 5) is 36.7. The Morgan fingerprint density at radius 3 is 2.77 bits per heavy atom. The van der Waals surface area contributed by atoms with Gasteiger partial charge in [-0.25, -0.2) is 4.79 Å². The van der Waals surface area contributed by atoms with Crippen molar-refractivity contribution in [3.63, 3.8) is 0 Å². The monoisotopic (exact) mass is 362 g/mol. The minimum atomic E-state index is -0.505. The zero-order valence-corrected chi connectivity index (χ0v) is 14.6. The number of aliphatic hydroxyl groups is 1.